The van der Waals surface area contributed by atoms with Gasteiger partial charge in [0, 0.05) is 34.4 Å². The molecule has 0 aliphatic heterocycles. The number of nitrogens with zero attached hydrogens (tertiary/aromatic N) is 1. The summed E-state index contributed by atoms with van der Waals surface area (Å²) in [6.07, 6.45) is 4.58. The van der Waals surface area contributed by atoms with Gasteiger partial charge in [-0.25, -0.2) is 0 Å². The second-order valence-electron chi connectivity index (χ2n) is 5.08. The lowest BCUT2D eigenvalue weighted by atomic mass is 10.0. The molecule has 1 N–H and O–H groups in total. The molecule has 1 aromatic heterocycles. The van der Waals surface area contributed by atoms with Gasteiger partial charge in [-0.1, -0.05) is 42.3 Å². The van der Waals surface area contributed by atoms with Crippen LogP contribution in [-0.4, -0.2) is 17.6 Å². The maximum Gasteiger partial charge on any atom is 0.0453 e. The molecule has 1 aromatic carbocycles. The largest absolute Gasteiger partial charge is 0.313 e. The van der Waals surface area contributed by atoms with Crippen molar-refractivity contribution in [3.05, 3.63) is 63.9 Å². The van der Waals surface area contributed by atoms with Crippen LogP contribution in [0.1, 0.15) is 24.6 Å². The summed E-state index contributed by atoms with van der Waals surface area (Å²) in [5.41, 5.74) is 2.08. The quantitative estimate of drug-likeness (QED) is 0.809. The summed E-state index contributed by atoms with van der Waals surface area (Å²) in [4.78, 5) is 4.41. The molecule has 0 radical (unpaired) electrons. The minimum Gasteiger partial charge on any atom is -0.313 e. The molecule has 0 saturated heterocycles. The van der Waals surface area contributed by atoms with Crippen molar-refractivity contribution in [2.45, 2.75) is 32.2 Å². The average molecular weight is 323 g/mol. The van der Waals surface area contributed by atoms with Crippen LogP contribution in [0.25, 0.3) is 0 Å². The summed E-state index contributed by atoms with van der Waals surface area (Å²) in [5.74, 6) is 0. The first-order chi connectivity index (χ1) is 10.2. The van der Waals surface area contributed by atoms with Crippen molar-refractivity contribution >= 4 is 23.2 Å². The van der Waals surface area contributed by atoms with E-state index >= 15 is 0 Å². The zero-order chi connectivity index (χ0) is 15.1. The number of benzene rings is 1. The summed E-state index contributed by atoms with van der Waals surface area (Å²) in [5, 5.41) is 5.02. The Balaban J connectivity index is 2.12. The SMILES string of the molecule is CCCNC(Cc1ccccn1)Cc1c(Cl)cccc1Cl. The van der Waals surface area contributed by atoms with Crippen LogP contribution in [0.5, 0.6) is 0 Å². The fourth-order valence-corrected chi connectivity index (χ4v) is 2.86. The molecule has 21 heavy (non-hydrogen) atoms. The fraction of sp³-hybridized carbons (Fsp3) is 0.353. The number of pyridine rings is 1. The lowest BCUT2D eigenvalue weighted by Crippen LogP contribution is -2.34. The summed E-state index contributed by atoms with van der Waals surface area (Å²) in [6.45, 7) is 3.13. The predicted octanol–water partition coefficient (Wildman–Crippen LogP) is 4.54. The van der Waals surface area contributed by atoms with Crippen molar-refractivity contribution < 1.29 is 0 Å². The third-order valence-corrected chi connectivity index (χ3v) is 4.09. The molecule has 1 unspecified atom stereocenters. The summed E-state index contributed by atoms with van der Waals surface area (Å²) < 4.78 is 0. The van der Waals surface area contributed by atoms with Crippen molar-refractivity contribution in [2.75, 3.05) is 6.54 Å². The van der Waals surface area contributed by atoms with Crippen LogP contribution in [0.15, 0.2) is 42.6 Å². The second kappa shape index (κ2) is 8.38. The summed E-state index contributed by atoms with van der Waals surface area (Å²) >= 11 is 12.6. The standard InChI is InChI=1S/C17H20Cl2N2/c1-2-9-20-14(11-13-6-3-4-10-21-13)12-15-16(18)7-5-8-17(15)19/h3-8,10,14,20H,2,9,11-12H2,1H3. The number of hydrogen-bond acceptors (Lipinski definition) is 2. The molecule has 0 bridgehead atoms. The van der Waals surface area contributed by atoms with Gasteiger partial charge < -0.3 is 5.32 Å². The molecule has 0 saturated carbocycles. The highest BCUT2D eigenvalue weighted by atomic mass is 35.5. The number of aromatic nitrogens is 1. The lowest BCUT2D eigenvalue weighted by molar-refractivity contribution is 0.500. The van der Waals surface area contributed by atoms with Gasteiger partial charge in [-0.05, 0) is 49.2 Å². The molecule has 2 aromatic rings. The molecule has 2 nitrogen and oxygen atoms in total. The topological polar surface area (TPSA) is 24.9 Å². The molecule has 1 heterocycles. The van der Waals surface area contributed by atoms with Crippen molar-refractivity contribution in [1.82, 2.24) is 10.3 Å². The molecule has 0 spiro atoms. The van der Waals surface area contributed by atoms with Crippen LogP contribution in [0.3, 0.4) is 0 Å². The molecule has 0 aliphatic rings. The van der Waals surface area contributed by atoms with Gasteiger partial charge in [-0.3, -0.25) is 4.98 Å². The Morgan fingerprint density at radius 3 is 2.43 bits per heavy atom. The first-order valence-corrected chi connectivity index (χ1v) is 8.02. The number of rotatable bonds is 7. The molecular formula is C17H20Cl2N2. The minimum atomic E-state index is 0.275. The molecule has 112 valence electrons. The Morgan fingerprint density at radius 1 is 1.05 bits per heavy atom. The molecular weight excluding hydrogens is 303 g/mol. The maximum absolute atomic E-state index is 6.28. The van der Waals surface area contributed by atoms with Gasteiger partial charge in [0.1, 0.15) is 0 Å². The van der Waals surface area contributed by atoms with E-state index in [1.54, 1.807) is 0 Å². The second-order valence-corrected chi connectivity index (χ2v) is 5.89. The Hall–Kier alpha value is -1.09. The number of nitrogens with one attached hydrogen (secondary N) is 1. The van der Waals surface area contributed by atoms with Crippen molar-refractivity contribution in [3.63, 3.8) is 0 Å². The highest BCUT2D eigenvalue weighted by Crippen LogP contribution is 2.26. The van der Waals surface area contributed by atoms with E-state index in [0.29, 0.717) is 0 Å². The predicted molar refractivity (Wildman–Crippen MR) is 90.2 cm³/mol. The number of hydrogen-bond donors (Lipinski definition) is 1. The van der Waals surface area contributed by atoms with Gasteiger partial charge in [-0.2, -0.15) is 0 Å². The van der Waals surface area contributed by atoms with Crippen LogP contribution in [-0.2, 0) is 12.8 Å². The third-order valence-electron chi connectivity index (χ3n) is 3.38. The normalized spacial score (nSPS) is 12.3. The van der Waals surface area contributed by atoms with Crippen molar-refractivity contribution in [2.24, 2.45) is 0 Å². The molecule has 0 aliphatic carbocycles. The summed E-state index contributed by atoms with van der Waals surface area (Å²) in [7, 11) is 0. The average Bonchev–Trinajstić information content (AvgIpc) is 2.49. The van der Waals surface area contributed by atoms with Gasteiger partial charge in [0.05, 0.1) is 0 Å². The fourth-order valence-electron chi connectivity index (χ4n) is 2.31. The molecule has 0 amide bonds. The Morgan fingerprint density at radius 2 is 1.81 bits per heavy atom. The smallest absolute Gasteiger partial charge is 0.0453 e. The first kappa shape index (κ1) is 16.3. The molecule has 2 rings (SSSR count). The van der Waals surface area contributed by atoms with Crippen molar-refractivity contribution in [1.29, 1.82) is 0 Å². The molecule has 1 atom stereocenters. The highest BCUT2D eigenvalue weighted by Gasteiger charge is 2.14. The Bertz CT molecular complexity index is 538. The van der Waals surface area contributed by atoms with Gasteiger partial charge in [0.15, 0.2) is 0 Å². The lowest BCUT2D eigenvalue weighted by Gasteiger charge is -2.19. The first-order valence-electron chi connectivity index (χ1n) is 7.27. The van der Waals surface area contributed by atoms with E-state index < -0.39 is 0 Å². The zero-order valence-corrected chi connectivity index (χ0v) is 13.7. The van der Waals surface area contributed by atoms with Crippen LogP contribution >= 0.6 is 23.2 Å². The zero-order valence-electron chi connectivity index (χ0n) is 12.2. The third kappa shape index (κ3) is 4.99. The Labute approximate surface area is 136 Å². The van der Waals surface area contributed by atoms with E-state index in [9.17, 15) is 0 Å². The van der Waals surface area contributed by atoms with E-state index in [0.717, 1.165) is 47.1 Å². The van der Waals surface area contributed by atoms with E-state index in [4.69, 9.17) is 23.2 Å². The van der Waals surface area contributed by atoms with Crippen LogP contribution in [0, 0.1) is 0 Å². The van der Waals surface area contributed by atoms with Gasteiger partial charge >= 0.3 is 0 Å². The summed E-state index contributed by atoms with van der Waals surface area (Å²) in [6, 6.07) is 11.9. The van der Waals surface area contributed by atoms with Gasteiger partial charge in [0.2, 0.25) is 0 Å². The Kier molecular flexibility index (Phi) is 6.50. The van der Waals surface area contributed by atoms with E-state index in [1.807, 2.05) is 36.5 Å². The number of halogens is 2. The van der Waals surface area contributed by atoms with Gasteiger partial charge in [0.25, 0.3) is 0 Å². The monoisotopic (exact) mass is 322 g/mol. The van der Waals surface area contributed by atoms with E-state index in [1.165, 1.54) is 0 Å². The molecule has 0 fully saturated rings. The van der Waals surface area contributed by atoms with Crippen LogP contribution in [0.2, 0.25) is 10.0 Å². The molecule has 4 heteroatoms. The maximum atomic E-state index is 6.28. The van der Waals surface area contributed by atoms with Crippen molar-refractivity contribution in [3.8, 4) is 0 Å². The minimum absolute atomic E-state index is 0.275. The van der Waals surface area contributed by atoms with Crippen LogP contribution in [0.4, 0.5) is 0 Å². The highest BCUT2D eigenvalue weighted by molar-refractivity contribution is 6.36. The van der Waals surface area contributed by atoms with E-state index in [-0.39, 0.29) is 6.04 Å². The van der Waals surface area contributed by atoms with Crippen LogP contribution < -0.4 is 5.32 Å². The van der Waals surface area contributed by atoms with E-state index in [2.05, 4.69) is 23.3 Å². The van der Waals surface area contributed by atoms with Gasteiger partial charge in [-0.15, -0.1) is 0 Å².